The number of benzene rings is 1. The van der Waals surface area contributed by atoms with E-state index in [2.05, 4.69) is 16.9 Å². The Morgan fingerprint density at radius 1 is 1.05 bits per heavy atom. The lowest BCUT2D eigenvalue weighted by Crippen LogP contribution is -1.99. The molecule has 2 rings (SSSR count). The van der Waals surface area contributed by atoms with Crippen LogP contribution in [0.15, 0.2) is 24.5 Å². The van der Waals surface area contributed by atoms with Crippen LogP contribution in [0.5, 0.6) is 5.75 Å². The van der Waals surface area contributed by atoms with Crippen LogP contribution in [-0.2, 0) is 6.42 Å². The number of aromatic hydroxyl groups is 1. The predicted molar refractivity (Wildman–Crippen MR) is 72.3 cm³/mol. The number of hydrogen-bond donors (Lipinski definition) is 1. The molecule has 0 aliphatic rings. The van der Waals surface area contributed by atoms with Crippen LogP contribution < -0.4 is 0 Å². The van der Waals surface area contributed by atoms with Crippen molar-refractivity contribution in [1.29, 1.82) is 0 Å². The lowest BCUT2D eigenvalue weighted by Gasteiger charge is -2.07. The van der Waals surface area contributed by atoms with Crippen LogP contribution in [0.1, 0.15) is 31.7 Å². The van der Waals surface area contributed by atoms with Crippen LogP contribution in [-0.4, -0.2) is 15.1 Å². The van der Waals surface area contributed by atoms with Crippen LogP contribution in [0, 0.1) is 11.6 Å². The molecular formula is C15H16F2N2O. The largest absolute Gasteiger partial charge is 0.505 e. The van der Waals surface area contributed by atoms with E-state index in [0.29, 0.717) is 12.0 Å². The van der Waals surface area contributed by atoms with E-state index >= 15 is 0 Å². The number of aromatic nitrogens is 2. The fraction of sp³-hybridized carbons (Fsp3) is 0.333. The minimum atomic E-state index is -0.940. The first-order chi connectivity index (χ1) is 9.63. The summed E-state index contributed by atoms with van der Waals surface area (Å²) in [4.78, 5) is 7.58. The highest BCUT2D eigenvalue weighted by Crippen LogP contribution is 2.25. The summed E-state index contributed by atoms with van der Waals surface area (Å²) < 4.78 is 28.0. The molecule has 0 fully saturated rings. The monoisotopic (exact) mass is 278 g/mol. The molecule has 0 radical (unpaired) electrons. The van der Waals surface area contributed by atoms with Gasteiger partial charge in [0.15, 0.2) is 23.2 Å². The highest BCUT2D eigenvalue weighted by atomic mass is 19.2. The van der Waals surface area contributed by atoms with Crippen molar-refractivity contribution in [3.05, 3.63) is 41.7 Å². The minimum Gasteiger partial charge on any atom is -0.505 e. The van der Waals surface area contributed by atoms with E-state index in [1.807, 2.05) is 0 Å². The summed E-state index contributed by atoms with van der Waals surface area (Å²) >= 11 is 0. The molecule has 0 spiro atoms. The summed E-state index contributed by atoms with van der Waals surface area (Å²) in [5.74, 6) is -1.84. The van der Waals surface area contributed by atoms with Crippen molar-refractivity contribution in [3.63, 3.8) is 0 Å². The zero-order valence-corrected chi connectivity index (χ0v) is 11.2. The fourth-order valence-electron chi connectivity index (χ4n) is 1.98. The number of rotatable bonds is 5. The molecule has 20 heavy (non-hydrogen) atoms. The van der Waals surface area contributed by atoms with E-state index in [4.69, 9.17) is 5.11 Å². The van der Waals surface area contributed by atoms with Crippen LogP contribution >= 0.6 is 0 Å². The Hall–Kier alpha value is -2.04. The van der Waals surface area contributed by atoms with Gasteiger partial charge in [0, 0.05) is 0 Å². The van der Waals surface area contributed by atoms with E-state index in [0.717, 1.165) is 31.7 Å². The van der Waals surface area contributed by atoms with Crippen molar-refractivity contribution >= 4 is 0 Å². The second-order valence-corrected chi connectivity index (χ2v) is 4.62. The Labute approximate surface area is 116 Å². The van der Waals surface area contributed by atoms with Crippen molar-refractivity contribution in [2.45, 2.75) is 32.6 Å². The summed E-state index contributed by atoms with van der Waals surface area (Å²) in [7, 11) is 0. The van der Waals surface area contributed by atoms with Crippen molar-refractivity contribution < 1.29 is 13.9 Å². The molecule has 0 amide bonds. The standard InChI is InChI=1S/C15H16F2N2O/c1-2-3-4-5-10-6-7-12(14(17)13(10)16)15-18-8-11(20)9-19-15/h6-9,20H,2-5H2,1H3. The van der Waals surface area contributed by atoms with E-state index in [-0.39, 0.29) is 17.1 Å². The Bertz CT molecular complexity index is 585. The van der Waals surface area contributed by atoms with Gasteiger partial charge in [0.05, 0.1) is 18.0 Å². The van der Waals surface area contributed by atoms with Gasteiger partial charge < -0.3 is 5.11 Å². The third-order valence-corrected chi connectivity index (χ3v) is 3.09. The number of unbranched alkanes of at least 4 members (excludes halogenated alkanes) is 2. The van der Waals surface area contributed by atoms with Gasteiger partial charge in [0.25, 0.3) is 0 Å². The van der Waals surface area contributed by atoms with Crippen molar-refractivity contribution in [1.82, 2.24) is 9.97 Å². The highest BCUT2D eigenvalue weighted by Gasteiger charge is 2.16. The van der Waals surface area contributed by atoms with Crippen molar-refractivity contribution in [2.24, 2.45) is 0 Å². The molecule has 1 heterocycles. The predicted octanol–water partition coefficient (Wildman–Crippen LogP) is 3.86. The second kappa shape index (κ2) is 6.41. The quantitative estimate of drug-likeness (QED) is 0.845. The van der Waals surface area contributed by atoms with Crippen molar-refractivity contribution in [3.8, 4) is 17.1 Å². The normalized spacial score (nSPS) is 10.8. The molecule has 1 N–H and O–H groups in total. The molecule has 3 nitrogen and oxygen atoms in total. The van der Waals surface area contributed by atoms with Gasteiger partial charge in [-0.3, -0.25) is 0 Å². The average molecular weight is 278 g/mol. The second-order valence-electron chi connectivity index (χ2n) is 4.62. The minimum absolute atomic E-state index is 0.00161. The molecule has 0 saturated heterocycles. The lowest BCUT2D eigenvalue weighted by atomic mass is 10.0. The zero-order chi connectivity index (χ0) is 14.5. The van der Waals surface area contributed by atoms with Gasteiger partial charge in [-0.25, -0.2) is 18.7 Å². The van der Waals surface area contributed by atoms with Gasteiger partial charge in [-0.1, -0.05) is 25.8 Å². The molecule has 0 bridgehead atoms. The number of halogens is 2. The van der Waals surface area contributed by atoms with Crippen LogP contribution in [0.2, 0.25) is 0 Å². The fourth-order valence-corrected chi connectivity index (χ4v) is 1.98. The number of aryl methyl sites for hydroxylation is 1. The van der Waals surface area contributed by atoms with Crippen LogP contribution in [0.3, 0.4) is 0 Å². The zero-order valence-electron chi connectivity index (χ0n) is 11.2. The number of nitrogens with zero attached hydrogens (tertiary/aromatic N) is 2. The molecule has 0 saturated carbocycles. The summed E-state index contributed by atoms with van der Waals surface area (Å²) in [5.41, 5.74) is 0.375. The Balaban J connectivity index is 2.28. The van der Waals surface area contributed by atoms with Gasteiger partial charge in [-0.05, 0) is 24.5 Å². The first kappa shape index (κ1) is 14.4. The smallest absolute Gasteiger partial charge is 0.170 e. The van der Waals surface area contributed by atoms with Gasteiger partial charge in [0.1, 0.15) is 0 Å². The van der Waals surface area contributed by atoms with E-state index in [1.165, 1.54) is 6.07 Å². The maximum atomic E-state index is 14.0. The van der Waals surface area contributed by atoms with Gasteiger partial charge in [-0.15, -0.1) is 0 Å². The first-order valence-electron chi connectivity index (χ1n) is 6.61. The molecule has 0 unspecified atom stereocenters. The third kappa shape index (κ3) is 3.10. The molecule has 1 aromatic heterocycles. The number of hydrogen-bond acceptors (Lipinski definition) is 3. The summed E-state index contributed by atoms with van der Waals surface area (Å²) in [6.07, 6.45) is 5.67. The van der Waals surface area contributed by atoms with E-state index < -0.39 is 11.6 Å². The topological polar surface area (TPSA) is 46.0 Å². The Morgan fingerprint density at radius 3 is 2.40 bits per heavy atom. The molecule has 0 atom stereocenters. The molecule has 2 aromatic rings. The van der Waals surface area contributed by atoms with Gasteiger partial charge in [-0.2, -0.15) is 0 Å². The molecule has 0 aliphatic heterocycles. The molecule has 0 aliphatic carbocycles. The molecule has 5 heteroatoms. The summed E-state index contributed by atoms with van der Waals surface area (Å²) in [6, 6.07) is 3.05. The SMILES string of the molecule is CCCCCc1ccc(-c2ncc(O)cn2)c(F)c1F. The maximum absolute atomic E-state index is 14.0. The maximum Gasteiger partial charge on any atom is 0.170 e. The van der Waals surface area contributed by atoms with Gasteiger partial charge in [0.2, 0.25) is 0 Å². The third-order valence-electron chi connectivity index (χ3n) is 3.09. The summed E-state index contributed by atoms with van der Waals surface area (Å²) in [5, 5.41) is 9.10. The van der Waals surface area contributed by atoms with E-state index in [9.17, 15) is 8.78 Å². The van der Waals surface area contributed by atoms with Crippen LogP contribution in [0.4, 0.5) is 8.78 Å². The Morgan fingerprint density at radius 2 is 1.75 bits per heavy atom. The van der Waals surface area contributed by atoms with Gasteiger partial charge >= 0.3 is 0 Å². The lowest BCUT2D eigenvalue weighted by molar-refractivity contribution is 0.469. The van der Waals surface area contributed by atoms with Crippen molar-refractivity contribution in [2.75, 3.05) is 0 Å². The molecule has 106 valence electrons. The van der Waals surface area contributed by atoms with E-state index in [1.54, 1.807) is 6.07 Å². The first-order valence-corrected chi connectivity index (χ1v) is 6.61. The van der Waals surface area contributed by atoms with Crippen LogP contribution in [0.25, 0.3) is 11.4 Å². The Kier molecular flexibility index (Phi) is 4.61. The average Bonchev–Trinajstić information content (AvgIpc) is 2.45. The highest BCUT2D eigenvalue weighted by molar-refractivity contribution is 5.56. The molecular weight excluding hydrogens is 262 g/mol. The summed E-state index contributed by atoms with van der Waals surface area (Å²) in [6.45, 7) is 2.06. The molecule has 1 aromatic carbocycles.